The van der Waals surface area contributed by atoms with E-state index in [1.165, 1.54) is 0 Å². The van der Waals surface area contributed by atoms with Gasteiger partial charge in [0.25, 0.3) is 0 Å². The summed E-state index contributed by atoms with van der Waals surface area (Å²) in [6.07, 6.45) is 0. The summed E-state index contributed by atoms with van der Waals surface area (Å²) in [4.78, 5) is 21.5. The van der Waals surface area contributed by atoms with E-state index in [9.17, 15) is 9.81 Å². The van der Waals surface area contributed by atoms with Crippen LogP contribution in [0.15, 0.2) is 58.1 Å². The second-order valence-corrected chi connectivity index (χ2v) is 4.90. The third kappa shape index (κ3) is 4.64. The van der Waals surface area contributed by atoms with Crippen LogP contribution in [0, 0.1) is 9.81 Å². The van der Waals surface area contributed by atoms with E-state index in [2.05, 4.69) is 23.7 Å². The van der Waals surface area contributed by atoms with E-state index in [4.69, 9.17) is 23.2 Å². The van der Waals surface area contributed by atoms with Gasteiger partial charge in [0.15, 0.2) is 0 Å². The highest BCUT2D eigenvalue weighted by atomic mass is 35.5. The number of rotatable bonds is 8. The monoisotopic (exact) mass is 314 g/mol. The lowest BCUT2D eigenvalue weighted by molar-refractivity contribution is 0.911. The van der Waals surface area contributed by atoms with Crippen LogP contribution in [0.5, 0.6) is 0 Å². The molecule has 0 bridgehead atoms. The first kappa shape index (κ1) is 16.1. The fourth-order valence-corrected chi connectivity index (χ4v) is 1.68. The molecular formula is C12H12Cl2N4O2. The van der Waals surface area contributed by atoms with Gasteiger partial charge in [0, 0.05) is 10.1 Å². The van der Waals surface area contributed by atoms with E-state index in [1.807, 2.05) is 0 Å². The Kier molecular flexibility index (Phi) is 6.14. The molecule has 1 rings (SSSR count). The number of hydrogen-bond donors (Lipinski definition) is 0. The van der Waals surface area contributed by atoms with Crippen molar-refractivity contribution in [2.75, 3.05) is 23.1 Å². The lowest BCUT2D eigenvalue weighted by Gasteiger charge is -2.17. The van der Waals surface area contributed by atoms with Crippen LogP contribution in [0.2, 0.25) is 0 Å². The Morgan fingerprint density at radius 3 is 1.40 bits per heavy atom. The molecule has 1 aromatic rings. The summed E-state index contributed by atoms with van der Waals surface area (Å²) in [5.41, 5.74) is 1.03. The minimum atomic E-state index is 0.0958. The van der Waals surface area contributed by atoms with Crippen molar-refractivity contribution in [3.05, 3.63) is 57.3 Å². The van der Waals surface area contributed by atoms with Gasteiger partial charge in [0.2, 0.25) is 0 Å². The zero-order chi connectivity index (χ0) is 15.1. The molecule has 106 valence electrons. The van der Waals surface area contributed by atoms with Crippen molar-refractivity contribution in [1.82, 2.24) is 0 Å². The van der Waals surface area contributed by atoms with E-state index < -0.39 is 0 Å². The van der Waals surface area contributed by atoms with Crippen molar-refractivity contribution in [3.63, 3.8) is 0 Å². The molecule has 0 radical (unpaired) electrons. The van der Waals surface area contributed by atoms with Gasteiger partial charge in [-0.2, -0.15) is 0 Å². The highest BCUT2D eigenvalue weighted by Crippen LogP contribution is 2.23. The van der Waals surface area contributed by atoms with E-state index in [-0.39, 0.29) is 23.2 Å². The molecular weight excluding hydrogens is 303 g/mol. The highest BCUT2D eigenvalue weighted by Gasteiger charge is 2.11. The third-order valence-corrected chi connectivity index (χ3v) is 2.52. The molecule has 0 N–H and O–H groups in total. The number of nitrogens with zero attached hydrogens (tertiary/aromatic N) is 4. The predicted molar refractivity (Wildman–Crippen MR) is 82.7 cm³/mol. The standard InChI is InChI=1S/C12H12Cl2N4O2/c1-9(13)7-17(15-19)11-3-5-12(6-4-11)18(16-20)8-10(2)14/h3-6H,1-2,7-8H2. The molecule has 0 aliphatic rings. The van der Waals surface area contributed by atoms with Crippen LogP contribution in [0.25, 0.3) is 0 Å². The van der Waals surface area contributed by atoms with Crippen LogP contribution in [0.4, 0.5) is 11.4 Å². The van der Waals surface area contributed by atoms with Gasteiger partial charge in [-0.1, -0.05) is 36.4 Å². The van der Waals surface area contributed by atoms with Gasteiger partial charge >= 0.3 is 0 Å². The first-order valence-corrected chi connectivity index (χ1v) is 6.21. The summed E-state index contributed by atoms with van der Waals surface area (Å²) < 4.78 is 0. The highest BCUT2D eigenvalue weighted by molar-refractivity contribution is 6.29. The molecule has 8 heteroatoms. The third-order valence-electron chi connectivity index (χ3n) is 2.29. The molecule has 0 saturated carbocycles. The molecule has 0 aliphatic heterocycles. The fourth-order valence-electron chi connectivity index (χ4n) is 1.46. The fraction of sp³-hybridized carbons (Fsp3) is 0.167. The van der Waals surface area contributed by atoms with E-state index in [0.29, 0.717) is 11.4 Å². The number of benzene rings is 1. The molecule has 0 aromatic heterocycles. The Morgan fingerprint density at radius 2 is 1.20 bits per heavy atom. The summed E-state index contributed by atoms with van der Waals surface area (Å²) in [6.45, 7) is 7.18. The van der Waals surface area contributed by atoms with Gasteiger partial charge in [0.05, 0.1) is 35.0 Å². The zero-order valence-electron chi connectivity index (χ0n) is 10.5. The molecule has 0 unspecified atom stereocenters. The largest absolute Gasteiger partial charge is 0.224 e. The number of hydrogen-bond acceptors (Lipinski definition) is 4. The summed E-state index contributed by atoms with van der Waals surface area (Å²) in [5.74, 6) is 0. The van der Waals surface area contributed by atoms with E-state index >= 15 is 0 Å². The smallest absolute Gasteiger partial charge is 0.0799 e. The Morgan fingerprint density at radius 1 is 0.900 bits per heavy atom. The second-order valence-electron chi connectivity index (χ2n) is 3.83. The first-order valence-electron chi connectivity index (χ1n) is 5.46. The van der Waals surface area contributed by atoms with Crippen molar-refractivity contribution >= 4 is 34.6 Å². The molecule has 0 heterocycles. The van der Waals surface area contributed by atoms with Crippen LogP contribution in [0.3, 0.4) is 0 Å². The van der Waals surface area contributed by atoms with Gasteiger partial charge in [-0.05, 0) is 24.3 Å². The van der Waals surface area contributed by atoms with Gasteiger partial charge in [-0.3, -0.25) is 0 Å². The van der Waals surface area contributed by atoms with Crippen molar-refractivity contribution in [2.45, 2.75) is 0 Å². The molecule has 20 heavy (non-hydrogen) atoms. The number of nitroso groups, excluding NO2 is 2. The van der Waals surface area contributed by atoms with Gasteiger partial charge < -0.3 is 0 Å². The zero-order valence-corrected chi connectivity index (χ0v) is 12.0. The van der Waals surface area contributed by atoms with Crippen LogP contribution >= 0.6 is 23.2 Å². The van der Waals surface area contributed by atoms with Crippen LogP contribution in [-0.4, -0.2) is 13.1 Å². The topological polar surface area (TPSA) is 65.3 Å². The van der Waals surface area contributed by atoms with E-state index in [0.717, 1.165) is 10.0 Å². The lowest BCUT2D eigenvalue weighted by Crippen LogP contribution is -2.18. The van der Waals surface area contributed by atoms with Crippen molar-refractivity contribution in [1.29, 1.82) is 0 Å². The summed E-state index contributed by atoms with van der Waals surface area (Å²) in [5, 5.41) is 8.53. The quantitative estimate of drug-likeness (QED) is 0.533. The minimum absolute atomic E-state index is 0.0958. The first-order chi connectivity index (χ1) is 9.47. The number of halogens is 2. The molecule has 0 fully saturated rings. The van der Waals surface area contributed by atoms with Crippen LogP contribution in [0.1, 0.15) is 0 Å². The normalized spacial score (nSPS) is 9.70. The summed E-state index contributed by atoms with van der Waals surface area (Å²) >= 11 is 11.3. The summed E-state index contributed by atoms with van der Waals surface area (Å²) in [7, 11) is 0. The number of anilines is 2. The van der Waals surface area contributed by atoms with Crippen molar-refractivity contribution < 1.29 is 0 Å². The Labute approximate surface area is 126 Å². The van der Waals surface area contributed by atoms with Crippen molar-refractivity contribution in [2.24, 2.45) is 10.6 Å². The minimum Gasteiger partial charge on any atom is -0.224 e. The van der Waals surface area contributed by atoms with Crippen LogP contribution in [-0.2, 0) is 0 Å². The molecule has 6 nitrogen and oxygen atoms in total. The van der Waals surface area contributed by atoms with Gasteiger partial charge in [-0.15, -0.1) is 9.81 Å². The predicted octanol–water partition coefficient (Wildman–Crippen LogP) is 4.17. The Balaban J connectivity index is 2.91. The molecule has 1 aromatic carbocycles. The maximum absolute atomic E-state index is 10.7. The molecule has 0 spiro atoms. The Hall–Kier alpha value is -1.92. The molecule has 0 atom stereocenters. The van der Waals surface area contributed by atoms with Crippen LogP contribution < -0.4 is 10.0 Å². The van der Waals surface area contributed by atoms with Crippen molar-refractivity contribution in [3.8, 4) is 0 Å². The molecule has 0 amide bonds. The second kappa shape index (κ2) is 7.62. The maximum Gasteiger partial charge on any atom is 0.0799 e. The van der Waals surface area contributed by atoms with E-state index in [1.54, 1.807) is 24.3 Å². The average molecular weight is 315 g/mol. The lowest BCUT2D eigenvalue weighted by atomic mass is 10.2. The Bertz CT molecular complexity index is 472. The average Bonchev–Trinajstić information content (AvgIpc) is 2.42. The SMILES string of the molecule is C=C(Cl)CN(N=O)c1ccc(N(CC(=C)Cl)N=O)cc1. The van der Waals surface area contributed by atoms with Gasteiger partial charge in [-0.25, -0.2) is 10.0 Å². The van der Waals surface area contributed by atoms with Gasteiger partial charge in [0.1, 0.15) is 0 Å². The maximum atomic E-state index is 10.7. The summed E-state index contributed by atoms with van der Waals surface area (Å²) in [6, 6.07) is 6.41. The molecule has 0 saturated heterocycles. The molecule has 0 aliphatic carbocycles.